The van der Waals surface area contributed by atoms with E-state index in [-0.39, 0.29) is 18.0 Å². The van der Waals surface area contributed by atoms with Gasteiger partial charge in [0.1, 0.15) is 12.1 Å². The van der Waals surface area contributed by atoms with Crippen molar-refractivity contribution in [1.29, 1.82) is 0 Å². The first-order valence-corrected chi connectivity index (χ1v) is 8.17. The number of nitrogens with zero attached hydrogens (tertiary/aromatic N) is 1. The van der Waals surface area contributed by atoms with Crippen LogP contribution in [0, 0.1) is 13.8 Å². The molecule has 0 unspecified atom stereocenters. The number of primary amides is 1. The molecule has 132 valence electrons. The number of benzene rings is 2. The van der Waals surface area contributed by atoms with Crippen LogP contribution in [0.4, 0.5) is 5.69 Å². The van der Waals surface area contributed by atoms with Crippen LogP contribution in [0.1, 0.15) is 21.6 Å². The summed E-state index contributed by atoms with van der Waals surface area (Å²) in [4.78, 5) is 36.6. The second-order valence-corrected chi connectivity index (χ2v) is 6.17. The molecule has 0 spiro atoms. The molecule has 2 amide bonds. The molecule has 26 heavy (non-hydrogen) atoms. The molecule has 6 heteroatoms. The minimum Gasteiger partial charge on any atom is -0.365 e. The molecule has 3 N–H and O–H groups in total. The molecule has 1 aromatic heterocycles. The summed E-state index contributed by atoms with van der Waals surface area (Å²) in [6, 6.07) is 15.0. The number of fused-ring (bicyclic) bond motifs is 1. The number of aromatic nitrogens is 1. The number of anilines is 1. The zero-order valence-corrected chi connectivity index (χ0v) is 14.6. The molecule has 3 rings (SSSR count). The Morgan fingerprint density at radius 1 is 1.08 bits per heavy atom. The summed E-state index contributed by atoms with van der Waals surface area (Å²) in [5.41, 5.74) is 6.42. The maximum atomic E-state index is 12.5. The van der Waals surface area contributed by atoms with Crippen LogP contribution in [-0.4, -0.2) is 16.4 Å². The lowest BCUT2D eigenvalue weighted by Crippen LogP contribution is -2.35. The molecule has 0 radical (unpaired) electrons. The number of pyridine rings is 1. The van der Waals surface area contributed by atoms with Crippen LogP contribution >= 0.6 is 0 Å². The van der Waals surface area contributed by atoms with E-state index in [1.54, 1.807) is 26.0 Å². The Morgan fingerprint density at radius 3 is 2.50 bits per heavy atom. The molecule has 0 fully saturated rings. The van der Waals surface area contributed by atoms with E-state index in [2.05, 4.69) is 5.32 Å². The van der Waals surface area contributed by atoms with Gasteiger partial charge in [-0.2, -0.15) is 0 Å². The SMILES string of the molecule is Cc1cc(C)n(CC(=O)Nc2cccc3ccccc23)c(=O)c1C(N)=O. The van der Waals surface area contributed by atoms with Gasteiger partial charge in [0.25, 0.3) is 11.5 Å². The van der Waals surface area contributed by atoms with E-state index in [9.17, 15) is 14.4 Å². The van der Waals surface area contributed by atoms with E-state index in [1.165, 1.54) is 4.57 Å². The number of aryl methyl sites for hydroxylation is 2. The zero-order chi connectivity index (χ0) is 18.8. The second-order valence-electron chi connectivity index (χ2n) is 6.17. The number of rotatable bonds is 4. The van der Waals surface area contributed by atoms with Crippen molar-refractivity contribution in [2.45, 2.75) is 20.4 Å². The number of amides is 2. The minimum atomic E-state index is -0.796. The van der Waals surface area contributed by atoms with Crippen LogP contribution in [-0.2, 0) is 11.3 Å². The van der Waals surface area contributed by atoms with Crippen LogP contribution < -0.4 is 16.6 Å². The first-order chi connectivity index (χ1) is 12.4. The third-order valence-corrected chi connectivity index (χ3v) is 4.32. The molecular formula is C20H19N3O3. The Labute approximate surface area is 150 Å². The summed E-state index contributed by atoms with van der Waals surface area (Å²) >= 11 is 0. The molecular weight excluding hydrogens is 330 g/mol. The highest BCUT2D eigenvalue weighted by molar-refractivity contribution is 6.02. The lowest BCUT2D eigenvalue weighted by molar-refractivity contribution is -0.116. The highest BCUT2D eigenvalue weighted by atomic mass is 16.2. The highest BCUT2D eigenvalue weighted by Crippen LogP contribution is 2.22. The van der Waals surface area contributed by atoms with Crippen molar-refractivity contribution in [1.82, 2.24) is 4.57 Å². The van der Waals surface area contributed by atoms with Crippen molar-refractivity contribution in [2.24, 2.45) is 5.73 Å². The average Bonchev–Trinajstić information content (AvgIpc) is 2.58. The normalized spacial score (nSPS) is 10.7. The molecule has 6 nitrogen and oxygen atoms in total. The standard InChI is InChI=1S/C20H19N3O3/c1-12-10-13(2)23(20(26)18(12)19(21)25)11-17(24)22-16-9-5-7-14-6-3-4-8-15(14)16/h3-10H,11H2,1-2H3,(H2,21,25)(H,22,24). The lowest BCUT2D eigenvalue weighted by atomic mass is 10.1. The Bertz CT molecular complexity index is 1080. The van der Waals surface area contributed by atoms with Gasteiger partial charge in [-0.1, -0.05) is 36.4 Å². The van der Waals surface area contributed by atoms with Crippen molar-refractivity contribution in [3.05, 3.63) is 75.7 Å². The molecule has 0 atom stereocenters. The van der Waals surface area contributed by atoms with Crippen molar-refractivity contribution in [3.8, 4) is 0 Å². The van der Waals surface area contributed by atoms with E-state index in [1.807, 2.05) is 36.4 Å². The summed E-state index contributed by atoms with van der Waals surface area (Å²) in [6.07, 6.45) is 0. The van der Waals surface area contributed by atoms with Gasteiger partial charge in [-0.05, 0) is 36.9 Å². The van der Waals surface area contributed by atoms with E-state index in [4.69, 9.17) is 5.73 Å². The molecule has 1 heterocycles. The fourth-order valence-electron chi connectivity index (χ4n) is 3.09. The van der Waals surface area contributed by atoms with Gasteiger partial charge in [0.05, 0.1) is 0 Å². The number of carbonyl (C=O) groups excluding carboxylic acids is 2. The maximum absolute atomic E-state index is 12.5. The van der Waals surface area contributed by atoms with Crippen molar-refractivity contribution >= 4 is 28.3 Å². The van der Waals surface area contributed by atoms with Gasteiger partial charge < -0.3 is 15.6 Å². The Kier molecular flexibility index (Phi) is 4.58. The quantitative estimate of drug-likeness (QED) is 0.757. The van der Waals surface area contributed by atoms with Crippen molar-refractivity contribution in [3.63, 3.8) is 0 Å². The van der Waals surface area contributed by atoms with Crippen molar-refractivity contribution in [2.75, 3.05) is 5.32 Å². The van der Waals surface area contributed by atoms with E-state index in [0.717, 1.165) is 10.8 Å². The van der Waals surface area contributed by atoms with Crippen LogP contribution in [0.3, 0.4) is 0 Å². The third kappa shape index (κ3) is 3.21. The predicted octanol–water partition coefficient (Wildman–Crippen LogP) is 2.36. The summed E-state index contributed by atoms with van der Waals surface area (Å²) in [5.74, 6) is -1.15. The van der Waals surface area contributed by atoms with Crippen molar-refractivity contribution < 1.29 is 9.59 Å². The Hall–Kier alpha value is -3.41. The number of hydrogen-bond donors (Lipinski definition) is 2. The number of nitrogens with two attached hydrogens (primary N) is 1. The molecule has 0 aliphatic rings. The average molecular weight is 349 g/mol. The summed E-state index contributed by atoms with van der Waals surface area (Å²) in [5, 5.41) is 4.75. The fourth-order valence-corrected chi connectivity index (χ4v) is 3.09. The van der Waals surface area contributed by atoms with E-state index >= 15 is 0 Å². The summed E-state index contributed by atoms with van der Waals surface area (Å²) < 4.78 is 1.26. The molecule has 0 bridgehead atoms. The van der Waals surface area contributed by atoms with Crippen LogP contribution in [0.15, 0.2) is 53.3 Å². The van der Waals surface area contributed by atoms with Crippen LogP contribution in [0.2, 0.25) is 0 Å². The van der Waals surface area contributed by atoms with E-state index in [0.29, 0.717) is 16.9 Å². The first kappa shape index (κ1) is 17.4. The zero-order valence-electron chi connectivity index (χ0n) is 14.6. The number of nitrogens with one attached hydrogen (secondary N) is 1. The molecule has 2 aromatic carbocycles. The maximum Gasteiger partial charge on any atom is 0.264 e. The Balaban J connectivity index is 1.92. The second kappa shape index (κ2) is 6.84. The molecule has 3 aromatic rings. The van der Waals surface area contributed by atoms with E-state index < -0.39 is 11.5 Å². The Morgan fingerprint density at radius 2 is 1.77 bits per heavy atom. The molecule has 0 saturated heterocycles. The smallest absolute Gasteiger partial charge is 0.264 e. The van der Waals surface area contributed by atoms with Gasteiger partial charge in [-0.15, -0.1) is 0 Å². The summed E-state index contributed by atoms with van der Waals surface area (Å²) in [7, 11) is 0. The molecule has 0 aliphatic carbocycles. The summed E-state index contributed by atoms with van der Waals surface area (Å²) in [6.45, 7) is 3.16. The molecule has 0 aliphatic heterocycles. The van der Waals surface area contributed by atoms with Gasteiger partial charge in [0, 0.05) is 16.8 Å². The third-order valence-electron chi connectivity index (χ3n) is 4.32. The van der Waals surface area contributed by atoms with Gasteiger partial charge in [0.15, 0.2) is 0 Å². The highest BCUT2D eigenvalue weighted by Gasteiger charge is 2.17. The largest absolute Gasteiger partial charge is 0.365 e. The van der Waals surface area contributed by atoms with Gasteiger partial charge in [-0.3, -0.25) is 14.4 Å². The lowest BCUT2D eigenvalue weighted by Gasteiger charge is -2.14. The van der Waals surface area contributed by atoms with Gasteiger partial charge in [0.2, 0.25) is 5.91 Å². The van der Waals surface area contributed by atoms with Crippen LogP contribution in [0.25, 0.3) is 10.8 Å². The van der Waals surface area contributed by atoms with Gasteiger partial charge in [-0.25, -0.2) is 0 Å². The van der Waals surface area contributed by atoms with Gasteiger partial charge >= 0.3 is 0 Å². The first-order valence-electron chi connectivity index (χ1n) is 8.17. The predicted molar refractivity (Wildman–Crippen MR) is 101 cm³/mol. The topological polar surface area (TPSA) is 94.2 Å². The number of carbonyl (C=O) groups is 2. The monoisotopic (exact) mass is 349 g/mol. The van der Waals surface area contributed by atoms with Crippen LogP contribution in [0.5, 0.6) is 0 Å². The molecule has 0 saturated carbocycles. The minimum absolute atomic E-state index is 0.0893. The number of hydrogen-bond acceptors (Lipinski definition) is 3. The fraction of sp³-hybridized carbons (Fsp3) is 0.150.